The number of rotatable bonds is 6. The van der Waals surface area contributed by atoms with Gasteiger partial charge in [-0.15, -0.1) is 0 Å². The molecule has 0 spiro atoms. The van der Waals surface area contributed by atoms with Crippen molar-refractivity contribution in [3.8, 4) is 0 Å². The van der Waals surface area contributed by atoms with Crippen molar-refractivity contribution in [2.24, 2.45) is 5.92 Å². The summed E-state index contributed by atoms with van der Waals surface area (Å²) in [6.07, 6.45) is -0.0354. The van der Waals surface area contributed by atoms with Crippen LogP contribution in [0.2, 0.25) is 0 Å². The summed E-state index contributed by atoms with van der Waals surface area (Å²) in [4.78, 5) is 26.4. The Morgan fingerprint density at radius 2 is 1.62 bits per heavy atom. The van der Waals surface area contributed by atoms with E-state index < -0.39 is 27.7 Å². The minimum atomic E-state index is -3.82. The molecule has 0 aromatic heterocycles. The first-order chi connectivity index (χ1) is 16.2. The van der Waals surface area contributed by atoms with E-state index in [1.165, 1.54) is 47.4 Å². The topological polar surface area (TPSA) is 95.6 Å². The van der Waals surface area contributed by atoms with Crippen molar-refractivity contribution in [1.82, 2.24) is 0 Å². The van der Waals surface area contributed by atoms with Crippen molar-refractivity contribution in [1.29, 1.82) is 0 Å². The van der Waals surface area contributed by atoms with Crippen LogP contribution in [0.5, 0.6) is 0 Å². The summed E-state index contributed by atoms with van der Waals surface area (Å²) in [5.41, 5.74) is 2.69. The van der Waals surface area contributed by atoms with Gasteiger partial charge in [-0.3, -0.25) is 14.3 Å². The van der Waals surface area contributed by atoms with Gasteiger partial charge in [0.25, 0.3) is 10.0 Å². The van der Waals surface area contributed by atoms with Crippen molar-refractivity contribution in [3.05, 3.63) is 83.7 Å². The number of amides is 2. The Morgan fingerprint density at radius 3 is 2.26 bits per heavy atom. The van der Waals surface area contributed by atoms with Gasteiger partial charge < -0.3 is 10.2 Å². The molecule has 1 heterocycles. The summed E-state index contributed by atoms with van der Waals surface area (Å²) in [7, 11) is -3.82. The van der Waals surface area contributed by atoms with Crippen LogP contribution < -0.4 is 14.9 Å². The Labute approximate surface area is 197 Å². The van der Waals surface area contributed by atoms with Crippen LogP contribution in [0, 0.1) is 25.6 Å². The smallest absolute Gasteiger partial charge is 0.261 e. The molecular formula is C25H24FN3O4S. The lowest BCUT2D eigenvalue weighted by Crippen LogP contribution is -2.28. The quantitative estimate of drug-likeness (QED) is 0.551. The Balaban J connectivity index is 1.43. The Kier molecular flexibility index (Phi) is 6.39. The number of hydrogen-bond donors (Lipinski definition) is 2. The van der Waals surface area contributed by atoms with Crippen LogP contribution in [0.4, 0.5) is 21.5 Å². The zero-order valence-corrected chi connectivity index (χ0v) is 19.5. The number of aryl methyl sites for hydroxylation is 2. The summed E-state index contributed by atoms with van der Waals surface area (Å²) in [5, 5.41) is 2.71. The molecule has 1 atom stereocenters. The van der Waals surface area contributed by atoms with Gasteiger partial charge in [0.2, 0.25) is 11.8 Å². The SMILES string of the molecule is Cc1cccc(C)c1NS(=O)(=O)c1ccc(NC(=O)C2CC(=O)N(c3ccccc3F)C2)cc1. The number of carbonyl (C=O) groups excluding carboxylic acids is 2. The molecule has 176 valence electrons. The summed E-state index contributed by atoms with van der Waals surface area (Å²) >= 11 is 0. The van der Waals surface area contributed by atoms with Gasteiger partial charge in [-0.25, -0.2) is 12.8 Å². The van der Waals surface area contributed by atoms with Crippen molar-refractivity contribution in [2.75, 3.05) is 21.5 Å². The minimum absolute atomic E-state index is 0.0354. The number of carbonyl (C=O) groups is 2. The zero-order valence-electron chi connectivity index (χ0n) is 18.7. The monoisotopic (exact) mass is 481 g/mol. The van der Waals surface area contributed by atoms with Crippen LogP contribution in [0.15, 0.2) is 71.6 Å². The molecule has 2 N–H and O–H groups in total. The normalized spacial score (nSPS) is 15.9. The van der Waals surface area contributed by atoms with E-state index in [0.717, 1.165) is 11.1 Å². The van der Waals surface area contributed by atoms with Crippen LogP contribution in [0.25, 0.3) is 0 Å². The van der Waals surface area contributed by atoms with Gasteiger partial charge in [0.05, 0.1) is 22.2 Å². The number of anilines is 3. The van der Waals surface area contributed by atoms with Crippen LogP contribution >= 0.6 is 0 Å². The molecule has 7 nitrogen and oxygen atoms in total. The Hall–Kier alpha value is -3.72. The lowest BCUT2D eigenvalue weighted by Gasteiger charge is -2.17. The number of nitrogens with zero attached hydrogens (tertiary/aromatic N) is 1. The number of hydrogen-bond acceptors (Lipinski definition) is 4. The molecule has 0 aliphatic carbocycles. The summed E-state index contributed by atoms with van der Waals surface area (Å²) < 4.78 is 42.3. The second kappa shape index (κ2) is 9.26. The Bertz CT molecular complexity index is 1340. The first-order valence-electron chi connectivity index (χ1n) is 10.7. The first-order valence-corrected chi connectivity index (χ1v) is 12.2. The molecule has 0 saturated carbocycles. The Morgan fingerprint density at radius 1 is 0.971 bits per heavy atom. The van der Waals surface area contributed by atoms with E-state index in [1.807, 2.05) is 32.0 Å². The van der Waals surface area contributed by atoms with Gasteiger partial charge in [0.1, 0.15) is 5.82 Å². The van der Waals surface area contributed by atoms with Gasteiger partial charge in [-0.2, -0.15) is 0 Å². The van der Waals surface area contributed by atoms with Gasteiger partial charge in [0, 0.05) is 18.7 Å². The summed E-state index contributed by atoms with van der Waals surface area (Å²) in [6.45, 7) is 3.72. The maximum Gasteiger partial charge on any atom is 0.261 e. The highest BCUT2D eigenvalue weighted by atomic mass is 32.2. The van der Waals surface area contributed by atoms with Crippen molar-refractivity contribution >= 4 is 38.9 Å². The number of sulfonamides is 1. The molecular weight excluding hydrogens is 457 g/mol. The minimum Gasteiger partial charge on any atom is -0.326 e. The molecule has 1 fully saturated rings. The second-order valence-corrected chi connectivity index (χ2v) is 9.93. The fraction of sp³-hybridized carbons (Fsp3) is 0.200. The largest absolute Gasteiger partial charge is 0.326 e. The second-order valence-electron chi connectivity index (χ2n) is 8.24. The standard InChI is InChI=1S/C25H24FN3O4S/c1-16-6-5-7-17(2)24(16)28-34(32,33)20-12-10-19(11-13-20)27-25(31)18-14-23(30)29(15-18)22-9-4-3-8-21(22)26/h3-13,18,28H,14-15H2,1-2H3,(H,27,31). The number of benzene rings is 3. The lowest BCUT2D eigenvalue weighted by molar-refractivity contribution is -0.122. The number of halogens is 1. The average molecular weight is 482 g/mol. The lowest BCUT2D eigenvalue weighted by atomic mass is 10.1. The third kappa shape index (κ3) is 4.79. The summed E-state index contributed by atoms with van der Waals surface area (Å²) in [5.74, 6) is -1.90. The molecule has 2 amide bonds. The highest BCUT2D eigenvalue weighted by Gasteiger charge is 2.36. The molecule has 1 unspecified atom stereocenters. The van der Waals surface area contributed by atoms with Gasteiger partial charge in [-0.05, 0) is 61.4 Å². The fourth-order valence-corrected chi connectivity index (χ4v) is 5.12. The van der Waals surface area contributed by atoms with E-state index in [4.69, 9.17) is 0 Å². The van der Waals surface area contributed by atoms with Crippen LogP contribution in [0.3, 0.4) is 0 Å². The van der Waals surface area contributed by atoms with Gasteiger partial charge in [-0.1, -0.05) is 30.3 Å². The van der Waals surface area contributed by atoms with E-state index >= 15 is 0 Å². The molecule has 0 bridgehead atoms. The molecule has 34 heavy (non-hydrogen) atoms. The summed E-state index contributed by atoms with van der Waals surface area (Å²) in [6, 6.07) is 17.2. The van der Waals surface area contributed by atoms with Crippen molar-refractivity contribution in [3.63, 3.8) is 0 Å². The van der Waals surface area contributed by atoms with E-state index in [2.05, 4.69) is 10.0 Å². The fourth-order valence-electron chi connectivity index (χ4n) is 3.92. The van der Waals surface area contributed by atoms with Crippen LogP contribution in [0.1, 0.15) is 17.5 Å². The van der Waals surface area contributed by atoms with Crippen molar-refractivity contribution in [2.45, 2.75) is 25.2 Å². The molecule has 3 aromatic rings. The van der Waals surface area contributed by atoms with E-state index in [9.17, 15) is 22.4 Å². The predicted molar refractivity (Wildman–Crippen MR) is 129 cm³/mol. The molecule has 1 saturated heterocycles. The molecule has 1 aliphatic rings. The van der Waals surface area contributed by atoms with Gasteiger partial charge in [0.15, 0.2) is 0 Å². The van der Waals surface area contributed by atoms with E-state index in [-0.39, 0.29) is 29.5 Å². The zero-order chi connectivity index (χ0) is 24.5. The first kappa shape index (κ1) is 23.4. The third-order valence-corrected chi connectivity index (χ3v) is 7.15. The van der Waals surface area contributed by atoms with Crippen LogP contribution in [-0.2, 0) is 19.6 Å². The molecule has 4 rings (SSSR count). The molecule has 3 aromatic carbocycles. The van der Waals surface area contributed by atoms with Crippen molar-refractivity contribution < 1.29 is 22.4 Å². The molecule has 0 radical (unpaired) electrons. The maximum atomic E-state index is 14.1. The maximum absolute atomic E-state index is 14.1. The van der Waals surface area contributed by atoms with Crippen LogP contribution in [-0.4, -0.2) is 26.8 Å². The van der Waals surface area contributed by atoms with E-state index in [0.29, 0.717) is 11.4 Å². The van der Waals surface area contributed by atoms with Gasteiger partial charge >= 0.3 is 0 Å². The number of para-hydroxylation sites is 2. The molecule has 9 heteroatoms. The third-order valence-electron chi connectivity index (χ3n) is 5.79. The highest BCUT2D eigenvalue weighted by Crippen LogP contribution is 2.28. The predicted octanol–water partition coefficient (Wildman–Crippen LogP) is 4.23. The highest BCUT2D eigenvalue weighted by molar-refractivity contribution is 7.92. The van der Waals surface area contributed by atoms with E-state index in [1.54, 1.807) is 6.07 Å². The average Bonchev–Trinajstić information content (AvgIpc) is 3.19. The molecule has 1 aliphatic heterocycles. The number of nitrogens with one attached hydrogen (secondary N) is 2.